The van der Waals surface area contributed by atoms with Crippen molar-refractivity contribution in [3.8, 4) is 0 Å². The van der Waals surface area contributed by atoms with Crippen LogP contribution in [0.25, 0.3) is 0 Å². The fourth-order valence-electron chi connectivity index (χ4n) is 8.57. The molecule has 0 nitrogen and oxygen atoms in total. The zero-order valence-corrected chi connectivity index (χ0v) is 92.1. The summed E-state index contributed by atoms with van der Waals surface area (Å²) in [6.07, 6.45) is -60.9. The maximum Gasteiger partial charge on any atom is 0.400 e. The van der Waals surface area contributed by atoms with E-state index in [0.717, 1.165) is 50.4 Å². The summed E-state index contributed by atoms with van der Waals surface area (Å²) >= 11 is 0. The molecule has 0 aromatic rings. The molecule has 0 aliphatic rings. The molecule has 0 radical (unpaired) electrons. The van der Waals surface area contributed by atoms with Gasteiger partial charge < -0.3 is 0 Å². The molecule has 0 amide bonds. The number of hydrogen-bond donors (Lipinski definition) is 0. The molecule has 0 bridgehead atoms. The van der Waals surface area contributed by atoms with Gasteiger partial charge in [-0.05, 0) is 103 Å². The predicted molar refractivity (Wildman–Crippen MR) is 493 cm³/mol. The van der Waals surface area contributed by atoms with Gasteiger partial charge in [-0.2, -0.15) is 198 Å². The minimum atomic E-state index is -5.19. The molecule has 0 N–H and O–H groups in total. The van der Waals surface area contributed by atoms with Crippen molar-refractivity contribution in [1.82, 2.24) is 0 Å². The summed E-state index contributed by atoms with van der Waals surface area (Å²) in [6, 6.07) is 0. The molecule has 894 valence electrons. The number of unbranched alkanes of at least 4 members (excludes halogenated alkanes) is 5. The maximum atomic E-state index is 12.1. The summed E-state index contributed by atoms with van der Waals surface area (Å²) in [5.41, 5.74) is -1.99. The van der Waals surface area contributed by atoms with Crippen molar-refractivity contribution in [1.29, 1.82) is 0 Å². The Balaban J connectivity index is -0.0000000958. The Bertz CT molecular complexity index is 2670. The molecular weight excluding hydrogens is 2040 g/mol. The Morgan fingerprint density at radius 1 is 0.222 bits per heavy atom. The predicted octanol–water partition coefficient (Wildman–Crippen LogP) is 47.9. The lowest BCUT2D eigenvalue weighted by Gasteiger charge is -2.31. The van der Waals surface area contributed by atoms with E-state index in [1.165, 1.54) is 88.0 Å². The number of halogens is 45. The van der Waals surface area contributed by atoms with Crippen molar-refractivity contribution in [3.05, 3.63) is 0 Å². The lowest BCUT2D eigenvalue weighted by atomic mass is 9.81. The SMILES string of the molecule is CC(C)C(C)(C)C(F)(F)F.CC(C)C(C)C.CC(C)CC(C(F)(F)F)C(F)(F)F.CCC(C)(C)C.CCC(C)(C)C.CCC(C)CC.CCC(CC)CC(F)(F)F.CCCC(C(F)(F)F)C(F)(F)F.CCCC(C)(C)C(F)(F)F.CCCCC(C(F)(F)F)C(F)(F)F.CCCCCCC(F)(F)F.CCCC[C@H](C)C(F)(F)F.CCC[C@H](C)CC(F)(F)F.CC[C@H](C)C(C)C(F)(F)F.C[C@@H](CCC(F)(F)F)C(F)(F)F. The van der Waals surface area contributed by atoms with Crippen LogP contribution in [0.15, 0.2) is 0 Å². The van der Waals surface area contributed by atoms with Crippen LogP contribution in [0.1, 0.15) is 442 Å². The van der Waals surface area contributed by atoms with Crippen molar-refractivity contribution < 1.29 is 198 Å². The van der Waals surface area contributed by atoms with Gasteiger partial charge in [0.1, 0.15) is 0 Å². The minimum absolute atomic E-state index is 0.0658. The molecule has 0 aromatic carbocycles. The summed E-state index contributed by atoms with van der Waals surface area (Å²) in [5.74, 6) is -12.7. The first kappa shape index (κ1) is 174. The Kier molecular flexibility index (Phi) is 98.5. The average Bonchev–Trinajstić information content (AvgIpc) is 0.786. The number of hydrogen-bond acceptors (Lipinski definition) is 0. The van der Waals surface area contributed by atoms with Gasteiger partial charge in [0.25, 0.3) is 0 Å². The second-order valence-corrected chi connectivity index (χ2v) is 40.7. The van der Waals surface area contributed by atoms with Crippen LogP contribution in [0.2, 0.25) is 0 Å². The van der Waals surface area contributed by atoms with E-state index in [1.54, 1.807) is 62.3 Å². The summed E-state index contributed by atoms with van der Waals surface area (Å²) in [4.78, 5) is 0. The van der Waals surface area contributed by atoms with Crippen LogP contribution < -0.4 is 0 Å². The van der Waals surface area contributed by atoms with E-state index in [-0.39, 0.29) is 55.8 Å². The second-order valence-electron chi connectivity index (χ2n) is 40.7. The fraction of sp³-hybridized carbons (Fsp3) is 1.00. The van der Waals surface area contributed by atoms with Crippen molar-refractivity contribution in [2.24, 2.45) is 105 Å². The van der Waals surface area contributed by atoms with E-state index in [1.807, 2.05) is 20.8 Å². The third kappa shape index (κ3) is 128. The van der Waals surface area contributed by atoms with Gasteiger partial charge in [-0.15, -0.1) is 0 Å². The van der Waals surface area contributed by atoms with E-state index in [2.05, 4.69) is 104 Å². The lowest BCUT2D eigenvalue weighted by Crippen LogP contribution is -2.37. The van der Waals surface area contributed by atoms with Crippen LogP contribution in [0.3, 0.4) is 0 Å². The van der Waals surface area contributed by atoms with E-state index in [4.69, 9.17) is 0 Å². The van der Waals surface area contributed by atoms with E-state index in [9.17, 15) is 198 Å². The van der Waals surface area contributed by atoms with Crippen LogP contribution in [0.5, 0.6) is 0 Å². The smallest absolute Gasteiger partial charge is 0.171 e. The first-order valence-electron chi connectivity index (χ1n) is 49.0. The fourth-order valence-corrected chi connectivity index (χ4v) is 8.57. The summed E-state index contributed by atoms with van der Waals surface area (Å²) in [7, 11) is 0. The Labute approximate surface area is 834 Å². The third-order valence-electron chi connectivity index (χ3n) is 22.5. The molecule has 0 aliphatic carbocycles. The Morgan fingerprint density at radius 3 is 0.660 bits per heavy atom. The molecule has 45 heteroatoms. The van der Waals surface area contributed by atoms with Crippen LogP contribution in [-0.2, 0) is 0 Å². The van der Waals surface area contributed by atoms with Crippen LogP contribution in [-0.4, -0.2) is 92.6 Å². The molecule has 5 atom stereocenters. The molecule has 0 heterocycles. The quantitative estimate of drug-likeness (QED) is 0.0497. The number of alkyl halides is 45. The lowest BCUT2D eigenvalue weighted by molar-refractivity contribution is -0.288. The summed E-state index contributed by atoms with van der Waals surface area (Å²) in [5, 5.41) is 0. The van der Waals surface area contributed by atoms with Crippen LogP contribution >= 0.6 is 0 Å². The molecule has 0 saturated heterocycles. The highest BCUT2D eigenvalue weighted by Gasteiger charge is 2.59. The second kappa shape index (κ2) is 81.5. The van der Waals surface area contributed by atoms with E-state index in [0.29, 0.717) is 62.2 Å². The standard InChI is InChI=1S/2C7H10F6.7C7H13F3.2C6H8F6.4C6H14/c1-4(2)3-5(6(8,9)10)7(11,12)13;1-2-3-4-5(6(8,9)10)7(11,12)13;1-5(2)6(3,4)7(8,9)10;1-4-5-6(2,3)7(8,9)10;1-4-5(2)6(3)7(8,9)10;1-3-4-6(2)5-7(8,9)10;1-3-4-5-6(2)7(8,9)10;1-3-6(4-2)5-7(8,9)10;1-2-3-4-5-6-7(8,9)10;1-4(6(10,11)12)2-3-5(7,8)9;1-2-3-4(5(7,8)9)6(10,11)12;2*1-5-6(2,3)4;1-5(2)6(3)4;1-4-6(3)5-2/h4-5H,3H2,1-2H3;5H,2-4H2,1H3;5H,1-4H3;4-5H2,1-3H3;5-6H,4H2,1-3H3;3*6H,3-5H2,1-2H3;2-6H2,1H3;2*4H,2-3H2,1H3;2*5H2,1-4H3;5-6H,1-4H3;6H,4-5H2,1-3H3/t;;;;5-,6?;2*6-;;;4-;;;;;/m....000..0...../s1. The van der Waals surface area contributed by atoms with Crippen LogP contribution in [0, 0.1) is 105 Å². The highest BCUT2D eigenvalue weighted by molar-refractivity contribution is 4.82. The summed E-state index contributed by atoms with van der Waals surface area (Å²) < 4.78 is 529. The van der Waals surface area contributed by atoms with E-state index < -0.39 is 196 Å². The maximum absolute atomic E-state index is 12.1. The first-order valence-corrected chi connectivity index (χ1v) is 49.0. The largest absolute Gasteiger partial charge is 0.400 e. The minimum Gasteiger partial charge on any atom is -0.171 e. The highest BCUT2D eigenvalue weighted by Crippen LogP contribution is 2.48. The molecule has 0 aliphatic heterocycles. The highest BCUT2D eigenvalue weighted by atomic mass is 19.5. The molecule has 144 heavy (non-hydrogen) atoms. The number of rotatable bonds is 30. The van der Waals surface area contributed by atoms with Gasteiger partial charge >= 0.3 is 92.6 Å². The zero-order valence-electron chi connectivity index (χ0n) is 92.1. The van der Waals surface area contributed by atoms with Gasteiger partial charge in [-0.1, -0.05) is 372 Å². The normalized spacial score (nSPS) is 14.0. The molecule has 0 fully saturated rings. The van der Waals surface area contributed by atoms with Crippen molar-refractivity contribution in [2.45, 2.75) is 535 Å². The van der Waals surface area contributed by atoms with Gasteiger partial charge in [0.15, 0.2) is 17.8 Å². The molecule has 0 spiro atoms. The Morgan fingerprint density at radius 2 is 0.514 bits per heavy atom. The molecule has 1 unspecified atom stereocenters. The summed E-state index contributed by atoms with van der Waals surface area (Å²) in [6.45, 7) is 66.5. The van der Waals surface area contributed by atoms with Gasteiger partial charge in [0, 0.05) is 25.7 Å². The van der Waals surface area contributed by atoms with Crippen molar-refractivity contribution >= 4 is 0 Å². The van der Waals surface area contributed by atoms with E-state index >= 15 is 0 Å². The molecule has 0 rings (SSSR count). The van der Waals surface area contributed by atoms with Gasteiger partial charge in [0.2, 0.25) is 0 Å². The van der Waals surface area contributed by atoms with Gasteiger partial charge in [-0.3, -0.25) is 0 Å². The third-order valence-corrected chi connectivity index (χ3v) is 22.5. The monoisotopic (exact) mass is 2230 g/mol. The molecule has 0 saturated carbocycles. The van der Waals surface area contributed by atoms with Gasteiger partial charge in [-0.25, -0.2) is 0 Å². The van der Waals surface area contributed by atoms with Crippen molar-refractivity contribution in [3.63, 3.8) is 0 Å². The Hall–Kier alpha value is -3.15. The molecular formula is C99H183F45. The zero-order chi connectivity index (χ0) is 120. The topological polar surface area (TPSA) is 0 Å². The van der Waals surface area contributed by atoms with Crippen LogP contribution in [0.4, 0.5) is 198 Å². The first-order chi connectivity index (χ1) is 63.0. The van der Waals surface area contributed by atoms with Crippen molar-refractivity contribution in [2.75, 3.05) is 0 Å². The molecule has 0 aromatic heterocycles. The average molecular weight is 2230 g/mol. The van der Waals surface area contributed by atoms with Gasteiger partial charge in [0.05, 0.1) is 28.6 Å².